The highest BCUT2D eigenvalue weighted by atomic mass is 32.2. The van der Waals surface area contributed by atoms with Crippen LogP contribution in [0.5, 0.6) is 0 Å². The van der Waals surface area contributed by atoms with E-state index in [4.69, 9.17) is 4.52 Å². The lowest BCUT2D eigenvalue weighted by molar-refractivity contribution is 0.373. The molecule has 0 N–H and O–H groups in total. The van der Waals surface area contributed by atoms with Crippen molar-refractivity contribution in [3.63, 3.8) is 0 Å². The Morgan fingerprint density at radius 1 is 1.25 bits per heavy atom. The Labute approximate surface area is 121 Å². The summed E-state index contributed by atoms with van der Waals surface area (Å²) in [6.07, 6.45) is 3.87. The lowest BCUT2D eigenvalue weighted by atomic mass is 10.2. The van der Waals surface area contributed by atoms with Gasteiger partial charge in [-0.3, -0.25) is 4.40 Å². The van der Waals surface area contributed by atoms with Gasteiger partial charge in [0.05, 0.1) is 17.0 Å². The van der Waals surface area contributed by atoms with Crippen LogP contribution in [-0.4, -0.2) is 19.5 Å². The Morgan fingerprint density at radius 2 is 2.10 bits per heavy atom. The van der Waals surface area contributed by atoms with Crippen molar-refractivity contribution in [2.24, 2.45) is 0 Å². The second-order valence-electron chi connectivity index (χ2n) is 4.94. The van der Waals surface area contributed by atoms with Gasteiger partial charge in [0.25, 0.3) is 0 Å². The van der Waals surface area contributed by atoms with Crippen LogP contribution in [0.25, 0.3) is 5.52 Å². The summed E-state index contributed by atoms with van der Waals surface area (Å²) < 4.78 is 7.39. The number of thioether (sulfide) groups is 1. The summed E-state index contributed by atoms with van der Waals surface area (Å²) >= 11 is 1.61. The molecule has 0 saturated carbocycles. The van der Waals surface area contributed by atoms with Gasteiger partial charge >= 0.3 is 0 Å². The van der Waals surface area contributed by atoms with Crippen LogP contribution in [-0.2, 0) is 0 Å². The van der Waals surface area contributed by atoms with Crippen molar-refractivity contribution in [1.82, 2.24) is 19.5 Å². The van der Waals surface area contributed by atoms with E-state index in [1.807, 2.05) is 37.5 Å². The molecule has 3 aromatic rings. The Kier molecular flexibility index (Phi) is 3.48. The molecule has 0 aliphatic rings. The van der Waals surface area contributed by atoms with Gasteiger partial charge < -0.3 is 4.52 Å². The van der Waals surface area contributed by atoms with Gasteiger partial charge in [0.15, 0.2) is 11.0 Å². The summed E-state index contributed by atoms with van der Waals surface area (Å²) in [5.74, 6) is 1.67. The number of fused-ring (bicyclic) bond motifs is 1. The summed E-state index contributed by atoms with van der Waals surface area (Å²) in [7, 11) is 0. The maximum Gasteiger partial charge on any atom is 0.239 e. The normalized spacial score (nSPS) is 13.2. The zero-order valence-corrected chi connectivity index (χ0v) is 12.5. The minimum atomic E-state index is 0.0702. The average molecular weight is 288 g/mol. The summed E-state index contributed by atoms with van der Waals surface area (Å²) in [4.78, 5) is 8.87. The summed E-state index contributed by atoms with van der Waals surface area (Å²) in [5, 5.41) is 5.00. The number of nitrogens with zero attached hydrogens (tertiary/aromatic N) is 4. The Hall–Kier alpha value is -1.82. The van der Waals surface area contributed by atoms with Crippen LogP contribution in [0, 0.1) is 0 Å². The Morgan fingerprint density at radius 3 is 2.85 bits per heavy atom. The van der Waals surface area contributed by atoms with Gasteiger partial charge in [-0.15, -0.1) is 0 Å². The van der Waals surface area contributed by atoms with Crippen LogP contribution >= 0.6 is 11.8 Å². The van der Waals surface area contributed by atoms with Crippen LogP contribution in [0.2, 0.25) is 0 Å². The number of pyridine rings is 1. The monoisotopic (exact) mass is 288 g/mol. The van der Waals surface area contributed by atoms with Crippen molar-refractivity contribution in [3.05, 3.63) is 42.3 Å². The standard InChI is InChI=1S/C14H16N4OS/c1-9(2)12-16-13(19-17-12)10(3)20-14-15-8-11-6-4-5-7-18(11)14/h4-10H,1-3H3. The van der Waals surface area contributed by atoms with Crippen molar-refractivity contribution in [1.29, 1.82) is 0 Å². The van der Waals surface area contributed by atoms with E-state index in [2.05, 4.69) is 33.4 Å². The van der Waals surface area contributed by atoms with Gasteiger partial charge in [0.1, 0.15) is 0 Å². The number of imidazole rings is 1. The maximum absolute atomic E-state index is 5.33. The Bertz CT molecular complexity index is 719. The molecule has 0 aliphatic carbocycles. The van der Waals surface area contributed by atoms with Crippen LogP contribution in [0.15, 0.2) is 40.3 Å². The first-order valence-electron chi connectivity index (χ1n) is 6.57. The highest BCUT2D eigenvalue weighted by Gasteiger charge is 2.18. The van der Waals surface area contributed by atoms with Crippen molar-refractivity contribution >= 4 is 17.3 Å². The predicted octanol–water partition coefficient (Wildman–Crippen LogP) is 3.69. The lowest BCUT2D eigenvalue weighted by Crippen LogP contribution is -1.94. The molecule has 3 rings (SSSR count). The third-order valence-corrected chi connectivity index (χ3v) is 4.08. The molecule has 0 bridgehead atoms. The van der Waals surface area contributed by atoms with E-state index in [0.29, 0.717) is 5.89 Å². The molecule has 6 heteroatoms. The molecule has 0 aromatic carbocycles. The van der Waals surface area contributed by atoms with E-state index in [-0.39, 0.29) is 11.2 Å². The third kappa shape index (κ3) is 2.43. The molecular formula is C14H16N4OS. The molecule has 5 nitrogen and oxygen atoms in total. The van der Waals surface area contributed by atoms with Crippen molar-refractivity contribution < 1.29 is 4.52 Å². The average Bonchev–Trinajstić information content (AvgIpc) is 3.06. The van der Waals surface area contributed by atoms with E-state index in [0.717, 1.165) is 16.5 Å². The molecule has 0 amide bonds. The molecule has 1 atom stereocenters. The molecule has 0 fully saturated rings. The van der Waals surface area contributed by atoms with Gasteiger partial charge in [-0.1, -0.05) is 36.8 Å². The Balaban J connectivity index is 1.82. The van der Waals surface area contributed by atoms with Gasteiger partial charge in [0.2, 0.25) is 5.89 Å². The van der Waals surface area contributed by atoms with E-state index >= 15 is 0 Å². The fraction of sp³-hybridized carbons (Fsp3) is 0.357. The first kappa shape index (κ1) is 13.2. The van der Waals surface area contributed by atoms with Crippen LogP contribution in [0.3, 0.4) is 0 Å². The highest BCUT2D eigenvalue weighted by Crippen LogP contribution is 2.33. The zero-order chi connectivity index (χ0) is 14.1. The number of aromatic nitrogens is 4. The minimum absolute atomic E-state index is 0.0702. The number of hydrogen-bond donors (Lipinski definition) is 0. The van der Waals surface area contributed by atoms with E-state index < -0.39 is 0 Å². The molecule has 0 aliphatic heterocycles. The molecule has 3 heterocycles. The second kappa shape index (κ2) is 5.28. The van der Waals surface area contributed by atoms with E-state index in [9.17, 15) is 0 Å². The first-order chi connectivity index (χ1) is 9.65. The van der Waals surface area contributed by atoms with E-state index in [1.54, 1.807) is 11.8 Å². The topological polar surface area (TPSA) is 56.2 Å². The zero-order valence-electron chi connectivity index (χ0n) is 11.6. The van der Waals surface area contributed by atoms with Crippen LogP contribution < -0.4 is 0 Å². The van der Waals surface area contributed by atoms with Gasteiger partial charge in [0, 0.05) is 12.1 Å². The maximum atomic E-state index is 5.33. The molecule has 104 valence electrons. The molecule has 0 spiro atoms. The summed E-state index contributed by atoms with van der Waals surface area (Å²) in [6.45, 7) is 6.15. The van der Waals surface area contributed by atoms with Crippen molar-refractivity contribution in [2.45, 2.75) is 37.1 Å². The van der Waals surface area contributed by atoms with Gasteiger partial charge in [-0.2, -0.15) is 4.98 Å². The molecular weight excluding hydrogens is 272 g/mol. The summed E-state index contributed by atoms with van der Waals surface area (Å²) in [6, 6.07) is 6.03. The predicted molar refractivity (Wildman–Crippen MR) is 77.9 cm³/mol. The lowest BCUT2D eigenvalue weighted by Gasteiger charge is -2.05. The minimum Gasteiger partial charge on any atom is -0.338 e. The highest BCUT2D eigenvalue weighted by molar-refractivity contribution is 7.99. The van der Waals surface area contributed by atoms with E-state index in [1.165, 1.54) is 0 Å². The van der Waals surface area contributed by atoms with Gasteiger partial charge in [-0.05, 0) is 19.1 Å². The SMILES string of the molecule is CC(C)c1noc(C(C)Sc2ncc3ccccn23)n1. The fourth-order valence-electron chi connectivity index (χ4n) is 1.86. The largest absolute Gasteiger partial charge is 0.338 e. The van der Waals surface area contributed by atoms with Gasteiger partial charge in [-0.25, -0.2) is 4.98 Å². The first-order valence-corrected chi connectivity index (χ1v) is 7.45. The van der Waals surface area contributed by atoms with Crippen LogP contribution in [0.4, 0.5) is 0 Å². The molecule has 0 saturated heterocycles. The number of rotatable bonds is 4. The fourth-order valence-corrected chi connectivity index (χ4v) is 2.77. The molecule has 1 unspecified atom stereocenters. The quantitative estimate of drug-likeness (QED) is 0.685. The third-order valence-electron chi connectivity index (χ3n) is 3.01. The van der Waals surface area contributed by atoms with Crippen molar-refractivity contribution in [3.8, 4) is 0 Å². The van der Waals surface area contributed by atoms with Crippen LogP contribution in [0.1, 0.15) is 43.7 Å². The smallest absolute Gasteiger partial charge is 0.239 e. The van der Waals surface area contributed by atoms with Crippen molar-refractivity contribution in [2.75, 3.05) is 0 Å². The summed E-state index contributed by atoms with van der Waals surface area (Å²) in [5.41, 5.74) is 1.08. The number of hydrogen-bond acceptors (Lipinski definition) is 5. The second-order valence-corrected chi connectivity index (χ2v) is 6.25. The molecule has 0 radical (unpaired) electrons. The molecule has 3 aromatic heterocycles. The molecule has 20 heavy (non-hydrogen) atoms.